The van der Waals surface area contributed by atoms with Gasteiger partial charge in [-0.15, -0.1) is 0 Å². The van der Waals surface area contributed by atoms with Gasteiger partial charge in [0.25, 0.3) is 0 Å². The summed E-state index contributed by atoms with van der Waals surface area (Å²) in [6, 6.07) is 5.22. The first-order valence-corrected chi connectivity index (χ1v) is 4.60. The van der Waals surface area contributed by atoms with Crippen molar-refractivity contribution in [2.75, 3.05) is 0 Å². The molecule has 1 rings (SSSR count). The molecular weight excluding hydrogens is 321 g/mol. The third-order valence-electron chi connectivity index (χ3n) is 1.15. The summed E-state index contributed by atoms with van der Waals surface area (Å²) in [6.07, 6.45) is 0. The molecule has 56 valence electrons. The zero-order valence-electron chi connectivity index (χ0n) is 5.31. The number of halogens is 2. The topological polar surface area (TPSA) is 44.0 Å². The molecule has 0 saturated heterocycles. The van der Waals surface area contributed by atoms with Gasteiger partial charge in [-0.05, 0) is 34.7 Å². The third-order valence-corrected chi connectivity index (χ3v) is 2.43. The number of aromatic hydroxyl groups is 1. The Morgan fingerprint density at radius 1 is 1.55 bits per heavy atom. The van der Waals surface area contributed by atoms with Crippen LogP contribution in [0, 0.1) is 14.9 Å². The summed E-state index contributed by atoms with van der Waals surface area (Å²) in [7, 11) is 0. The van der Waals surface area contributed by atoms with Crippen LogP contribution in [0.15, 0.2) is 16.6 Å². The van der Waals surface area contributed by atoms with Crippen molar-refractivity contribution >= 4 is 38.5 Å². The van der Waals surface area contributed by atoms with Crippen LogP contribution in [0.5, 0.6) is 5.75 Å². The molecule has 0 saturated carbocycles. The number of hydrogen-bond acceptors (Lipinski definition) is 2. The molecule has 0 amide bonds. The van der Waals surface area contributed by atoms with Crippen molar-refractivity contribution < 1.29 is 5.11 Å². The molecule has 1 aromatic rings. The maximum Gasteiger partial charge on any atom is 0.146 e. The molecule has 0 aliphatic rings. The van der Waals surface area contributed by atoms with E-state index in [1.54, 1.807) is 12.1 Å². The van der Waals surface area contributed by atoms with Gasteiger partial charge >= 0.3 is 0 Å². The van der Waals surface area contributed by atoms with Crippen LogP contribution in [0.1, 0.15) is 5.56 Å². The van der Waals surface area contributed by atoms with Crippen LogP contribution >= 0.6 is 38.5 Å². The molecule has 0 aliphatic carbocycles. The van der Waals surface area contributed by atoms with Crippen molar-refractivity contribution in [2.45, 2.75) is 0 Å². The van der Waals surface area contributed by atoms with Crippen molar-refractivity contribution in [1.82, 2.24) is 0 Å². The number of nitriles is 1. The normalized spacial score (nSPS) is 9.18. The van der Waals surface area contributed by atoms with Crippen molar-refractivity contribution in [3.8, 4) is 11.8 Å². The van der Waals surface area contributed by atoms with Crippen molar-refractivity contribution in [2.24, 2.45) is 0 Å². The van der Waals surface area contributed by atoms with E-state index in [0.717, 1.165) is 4.47 Å². The van der Waals surface area contributed by atoms with Crippen LogP contribution in [-0.2, 0) is 0 Å². The Balaban J connectivity index is 3.39. The third kappa shape index (κ3) is 1.84. The number of hydrogen-bond donors (Lipinski definition) is 1. The minimum atomic E-state index is 0.0521. The zero-order chi connectivity index (χ0) is 8.43. The molecule has 0 radical (unpaired) electrons. The fourth-order valence-electron chi connectivity index (χ4n) is 0.651. The Kier molecular flexibility index (Phi) is 2.73. The molecule has 0 bridgehead atoms. The molecule has 0 spiro atoms. The van der Waals surface area contributed by atoms with E-state index in [2.05, 4.69) is 15.9 Å². The summed E-state index contributed by atoms with van der Waals surface area (Å²) >= 11 is 5.19. The van der Waals surface area contributed by atoms with Gasteiger partial charge in [-0.25, -0.2) is 0 Å². The van der Waals surface area contributed by atoms with E-state index in [0.29, 0.717) is 9.13 Å². The highest BCUT2D eigenvalue weighted by Crippen LogP contribution is 2.27. The SMILES string of the molecule is N#Cc1cc(Br)cc(I)c1O. The lowest BCUT2D eigenvalue weighted by atomic mass is 10.2. The molecule has 4 heteroatoms. The number of benzene rings is 1. The lowest BCUT2D eigenvalue weighted by molar-refractivity contribution is 0.469. The van der Waals surface area contributed by atoms with Gasteiger partial charge in [0.2, 0.25) is 0 Å². The molecule has 0 aromatic heterocycles. The fourth-order valence-corrected chi connectivity index (χ4v) is 2.16. The Bertz CT molecular complexity index is 332. The van der Waals surface area contributed by atoms with E-state index < -0.39 is 0 Å². The second kappa shape index (κ2) is 3.41. The molecule has 0 unspecified atom stereocenters. The largest absolute Gasteiger partial charge is 0.505 e. The molecule has 2 nitrogen and oxygen atoms in total. The van der Waals surface area contributed by atoms with Gasteiger partial charge in [0.15, 0.2) is 0 Å². The summed E-state index contributed by atoms with van der Waals surface area (Å²) in [6.45, 7) is 0. The summed E-state index contributed by atoms with van der Waals surface area (Å²) in [5.74, 6) is 0.0521. The van der Waals surface area contributed by atoms with E-state index in [1.165, 1.54) is 0 Å². The van der Waals surface area contributed by atoms with Crippen molar-refractivity contribution in [3.05, 3.63) is 25.7 Å². The smallest absolute Gasteiger partial charge is 0.146 e. The van der Waals surface area contributed by atoms with Crippen molar-refractivity contribution in [3.63, 3.8) is 0 Å². The molecule has 0 aliphatic heterocycles. The number of phenolic OH excluding ortho intramolecular Hbond substituents is 1. The maximum atomic E-state index is 9.27. The van der Waals surface area contributed by atoms with Crippen LogP contribution in [-0.4, -0.2) is 5.11 Å². The quantitative estimate of drug-likeness (QED) is 0.746. The van der Waals surface area contributed by atoms with Gasteiger partial charge in [-0.3, -0.25) is 0 Å². The van der Waals surface area contributed by atoms with Gasteiger partial charge in [-0.1, -0.05) is 15.9 Å². The number of rotatable bonds is 0. The first kappa shape index (κ1) is 8.81. The molecule has 0 fully saturated rings. The second-order valence-corrected chi connectivity index (χ2v) is 3.97. The van der Waals surface area contributed by atoms with Gasteiger partial charge in [0.1, 0.15) is 11.8 Å². The minimum Gasteiger partial charge on any atom is -0.505 e. The number of nitrogens with zero attached hydrogens (tertiary/aromatic N) is 1. The average molecular weight is 324 g/mol. The van der Waals surface area contributed by atoms with Crippen LogP contribution in [0.25, 0.3) is 0 Å². The zero-order valence-corrected chi connectivity index (χ0v) is 9.05. The molecule has 1 N–H and O–H groups in total. The van der Waals surface area contributed by atoms with Crippen LogP contribution < -0.4 is 0 Å². The Morgan fingerprint density at radius 2 is 2.18 bits per heavy atom. The lowest BCUT2D eigenvalue weighted by Crippen LogP contribution is -1.80. The van der Waals surface area contributed by atoms with Crippen LogP contribution in [0.4, 0.5) is 0 Å². The van der Waals surface area contributed by atoms with Gasteiger partial charge in [0.05, 0.1) is 9.13 Å². The lowest BCUT2D eigenvalue weighted by Gasteiger charge is -1.98. The Morgan fingerprint density at radius 3 is 2.73 bits per heavy atom. The summed E-state index contributed by atoms with van der Waals surface area (Å²) < 4.78 is 1.48. The van der Waals surface area contributed by atoms with Gasteiger partial charge in [-0.2, -0.15) is 5.26 Å². The first-order chi connectivity index (χ1) is 5.15. The standard InChI is InChI=1S/C7H3BrINO/c8-5-1-4(3-10)7(11)6(9)2-5/h1-2,11H. The molecule has 1 aromatic carbocycles. The Hall–Kier alpha value is -0.280. The minimum absolute atomic E-state index is 0.0521. The average Bonchev–Trinajstić information content (AvgIpc) is 1.96. The maximum absolute atomic E-state index is 9.27. The van der Waals surface area contributed by atoms with Crippen LogP contribution in [0.2, 0.25) is 0 Å². The van der Waals surface area contributed by atoms with E-state index in [9.17, 15) is 5.11 Å². The Labute approximate surface area is 86.1 Å². The van der Waals surface area contributed by atoms with Crippen molar-refractivity contribution in [1.29, 1.82) is 5.26 Å². The van der Waals surface area contributed by atoms with E-state index >= 15 is 0 Å². The summed E-state index contributed by atoms with van der Waals surface area (Å²) in [5, 5.41) is 17.8. The monoisotopic (exact) mass is 323 g/mol. The summed E-state index contributed by atoms with van der Waals surface area (Å²) in [5.41, 5.74) is 0.295. The molecule has 11 heavy (non-hydrogen) atoms. The highest BCUT2D eigenvalue weighted by Gasteiger charge is 2.05. The highest BCUT2D eigenvalue weighted by atomic mass is 127. The predicted molar refractivity (Wildman–Crippen MR) is 53.2 cm³/mol. The predicted octanol–water partition coefficient (Wildman–Crippen LogP) is 2.63. The van der Waals surface area contributed by atoms with E-state index in [4.69, 9.17) is 5.26 Å². The molecule has 0 atom stereocenters. The first-order valence-electron chi connectivity index (χ1n) is 2.73. The van der Waals surface area contributed by atoms with Gasteiger partial charge in [0, 0.05) is 4.47 Å². The number of phenols is 1. The molecular formula is C7H3BrINO. The highest BCUT2D eigenvalue weighted by molar-refractivity contribution is 14.1. The van der Waals surface area contributed by atoms with E-state index in [-0.39, 0.29) is 5.75 Å². The second-order valence-electron chi connectivity index (χ2n) is 1.90. The van der Waals surface area contributed by atoms with Crippen LogP contribution in [0.3, 0.4) is 0 Å². The van der Waals surface area contributed by atoms with Gasteiger partial charge < -0.3 is 5.11 Å². The molecule has 0 heterocycles. The fraction of sp³-hybridized carbons (Fsp3) is 0. The van der Waals surface area contributed by atoms with E-state index in [1.807, 2.05) is 28.7 Å². The summed E-state index contributed by atoms with van der Waals surface area (Å²) in [4.78, 5) is 0.